The Balaban J connectivity index is 1.65. The first-order valence-electron chi connectivity index (χ1n) is 8.51. The van der Waals surface area contributed by atoms with Gasteiger partial charge in [-0.2, -0.15) is 0 Å². The first kappa shape index (κ1) is 17.4. The number of carbonyl (C=O) groups is 3. The van der Waals surface area contributed by atoms with Crippen molar-refractivity contribution in [1.82, 2.24) is 4.90 Å². The summed E-state index contributed by atoms with van der Waals surface area (Å²) in [5.74, 6) is -2.56. The van der Waals surface area contributed by atoms with Crippen LogP contribution in [0.2, 0.25) is 0 Å². The quantitative estimate of drug-likeness (QED) is 0.850. The lowest BCUT2D eigenvalue weighted by molar-refractivity contribution is -0.155. The zero-order valence-corrected chi connectivity index (χ0v) is 14.1. The summed E-state index contributed by atoms with van der Waals surface area (Å²) in [5.41, 5.74) is 0.777. The lowest BCUT2D eigenvalue weighted by atomic mass is 9.90. The smallest absolute Gasteiger partial charge is 0.314 e. The van der Waals surface area contributed by atoms with Crippen molar-refractivity contribution in [1.29, 1.82) is 0 Å². The Labute approximate surface area is 145 Å². The molecule has 1 saturated heterocycles. The highest BCUT2D eigenvalue weighted by atomic mass is 19.1. The van der Waals surface area contributed by atoms with Gasteiger partial charge in [0.1, 0.15) is 5.82 Å². The second-order valence-corrected chi connectivity index (χ2v) is 6.58. The van der Waals surface area contributed by atoms with E-state index in [1.54, 1.807) is 4.90 Å². The van der Waals surface area contributed by atoms with Gasteiger partial charge in [-0.05, 0) is 43.9 Å². The largest absolute Gasteiger partial charge is 0.455 e. The maximum atomic E-state index is 13.3. The minimum absolute atomic E-state index is 0.0776. The van der Waals surface area contributed by atoms with Gasteiger partial charge in [0, 0.05) is 24.7 Å². The Kier molecular flexibility index (Phi) is 5.01. The van der Waals surface area contributed by atoms with Crippen LogP contribution in [0.5, 0.6) is 0 Å². The van der Waals surface area contributed by atoms with Crippen molar-refractivity contribution in [2.45, 2.75) is 44.6 Å². The van der Waals surface area contributed by atoms with Crippen LogP contribution in [0.15, 0.2) is 18.2 Å². The molecule has 2 aliphatic heterocycles. The van der Waals surface area contributed by atoms with Gasteiger partial charge < -0.3 is 15.0 Å². The number of esters is 1. The van der Waals surface area contributed by atoms with Crippen LogP contribution < -0.4 is 5.32 Å². The first-order chi connectivity index (χ1) is 12.0. The number of nitrogens with one attached hydrogen (secondary N) is 1. The highest BCUT2D eigenvalue weighted by Crippen LogP contribution is 2.33. The molecule has 0 radical (unpaired) electrons. The monoisotopic (exact) mass is 348 g/mol. The average Bonchev–Trinajstić information content (AvgIpc) is 2.58. The molecule has 1 N–H and O–H groups in total. The van der Waals surface area contributed by atoms with Crippen molar-refractivity contribution >= 4 is 23.5 Å². The van der Waals surface area contributed by atoms with Gasteiger partial charge in [-0.3, -0.25) is 14.4 Å². The number of ether oxygens (including phenoxy) is 1. The number of amides is 2. The van der Waals surface area contributed by atoms with Gasteiger partial charge in [-0.15, -0.1) is 0 Å². The van der Waals surface area contributed by atoms with Crippen LogP contribution in [0.25, 0.3) is 0 Å². The predicted octanol–water partition coefficient (Wildman–Crippen LogP) is 2.20. The Morgan fingerprint density at radius 2 is 2.16 bits per heavy atom. The molecule has 2 atom stereocenters. The molecule has 6 nitrogen and oxygen atoms in total. The Morgan fingerprint density at radius 3 is 2.92 bits per heavy atom. The van der Waals surface area contributed by atoms with E-state index in [9.17, 15) is 18.8 Å². The van der Waals surface area contributed by atoms with Crippen LogP contribution in [0.1, 0.15) is 44.1 Å². The van der Waals surface area contributed by atoms with Crippen molar-refractivity contribution in [3.8, 4) is 0 Å². The number of likely N-dealkylation sites (tertiary alicyclic amines) is 1. The molecule has 0 spiro atoms. The van der Waals surface area contributed by atoms with Gasteiger partial charge in [-0.1, -0.05) is 6.07 Å². The van der Waals surface area contributed by atoms with Crippen molar-refractivity contribution in [2.24, 2.45) is 0 Å². The second kappa shape index (κ2) is 7.21. The number of hydrogen-bond donors (Lipinski definition) is 1. The number of nitrogens with zero attached hydrogens (tertiary/aromatic N) is 1. The summed E-state index contributed by atoms with van der Waals surface area (Å²) in [7, 11) is 0. The molecule has 25 heavy (non-hydrogen) atoms. The summed E-state index contributed by atoms with van der Waals surface area (Å²) in [6, 6.07) is 4.01. The lowest BCUT2D eigenvalue weighted by Crippen LogP contribution is -2.44. The number of carbonyl (C=O) groups excluding carboxylic acids is 3. The lowest BCUT2D eigenvalue weighted by Gasteiger charge is -2.33. The number of hydrogen-bond acceptors (Lipinski definition) is 4. The molecule has 0 aromatic heterocycles. The number of rotatable bonds is 3. The molecule has 3 rings (SSSR count). The Hall–Kier alpha value is -2.44. The van der Waals surface area contributed by atoms with Crippen molar-refractivity contribution in [3.05, 3.63) is 29.6 Å². The van der Waals surface area contributed by atoms with E-state index in [0.717, 1.165) is 19.3 Å². The maximum absolute atomic E-state index is 13.3. The van der Waals surface area contributed by atoms with Gasteiger partial charge in [0.2, 0.25) is 5.91 Å². The fourth-order valence-electron chi connectivity index (χ4n) is 3.43. The van der Waals surface area contributed by atoms with Crippen molar-refractivity contribution in [3.63, 3.8) is 0 Å². The summed E-state index contributed by atoms with van der Waals surface area (Å²) >= 11 is 0. The summed E-state index contributed by atoms with van der Waals surface area (Å²) in [5, 5.41) is 2.55. The van der Waals surface area contributed by atoms with E-state index in [1.165, 1.54) is 18.2 Å². The maximum Gasteiger partial charge on any atom is 0.314 e. The molecule has 0 bridgehead atoms. The van der Waals surface area contributed by atoms with Crippen LogP contribution in [0.3, 0.4) is 0 Å². The zero-order valence-electron chi connectivity index (χ0n) is 14.1. The van der Waals surface area contributed by atoms with E-state index in [2.05, 4.69) is 5.32 Å². The molecule has 0 aliphatic carbocycles. The normalized spacial score (nSPS) is 22.8. The average molecular weight is 348 g/mol. The molecule has 1 aromatic carbocycles. The van der Waals surface area contributed by atoms with Crippen molar-refractivity contribution in [2.75, 3.05) is 18.5 Å². The third-order valence-corrected chi connectivity index (χ3v) is 4.80. The van der Waals surface area contributed by atoms with Crippen LogP contribution >= 0.6 is 0 Å². The highest BCUT2D eigenvalue weighted by Gasteiger charge is 2.33. The van der Waals surface area contributed by atoms with Crippen molar-refractivity contribution < 1.29 is 23.5 Å². The van der Waals surface area contributed by atoms with Gasteiger partial charge in [0.05, 0.1) is 5.92 Å². The van der Waals surface area contributed by atoms with E-state index in [4.69, 9.17) is 4.74 Å². The summed E-state index contributed by atoms with van der Waals surface area (Å²) < 4.78 is 18.5. The third-order valence-electron chi connectivity index (χ3n) is 4.80. The minimum atomic E-state index is -0.823. The van der Waals surface area contributed by atoms with Gasteiger partial charge in [0.15, 0.2) is 6.61 Å². The number of fused-ring (bicyclic) bond motifs is 1. The molecule has 2 heterocycles. The van der Waals surface area contributed by atoms with E-state index in [0.29, 0.717) is 12.1 Å². The summed E-state index contributed by atoms with van der Waals surface area (Å²) in [4.78, 5) is 38.2. The summed E-state index contributed by atoms with van der Waals surface area (Å²) in [6.07, 6.45) is 2.91. The molecule has 0 saturated carbocycles. The molecule has 2 unspecified atom stereocenters. The Morgan fingerprint density at radius 1 is 1.36 bits per heavy atom. The third kappa shape index (κ3) is 3.81. The number of anilines is 1. The molecule has 1 fully saturated rings. The van der Waals surface area contributed by atoms with Gasteiger partial charge in [-0.25, -0.2) is 4.39 Å². The SMILES string of the molecule is CC1CCCCN1C(=O)COC(=O)C1CC(=O)Nc2cc(F)ccc21. The standard InChI is InChI=1S/C18H21FN2O4/c1-11-4-2-3-7-21(11)17(23)10-25-18(24)14-9-16(22)20-15-8-12(19)5-6-13(14)15/h5-6,8,11,14H,2-4,7,9-10H2,1H3,(H,20,22). The predicted molar refractivity (Wildman–Crippen MR) is 88.4 cm³/mol. The number of benzene rings is 1. The van der Waals surface area contributed by atoms with Gasteiger partial charge >= 0.3 is 5.97 Å². The van der Waals surface area contributed by atoms with Gasteiger partial charge in [0.25, 0.3) is 5.91 Å². The van der Waals surface area contributed by atoms with Crippen LogP contribution in [0, 0.1) is 5.82 Å². The van der Waals surface area contributed by atoms with E-state index >= 15 is 0 Å². The van der Waals surface area contributed by atoms with E-state index in [1.807, 2.05) is 6.92 Å². The zero-order chi connectivity index (χ0) is 18.0. The molecule has 2 aliphatic rings. The fourth-order valence-corrected chi connectivity index (χ4v) is 3.43. The minimum Gasteiger partial charge on any atom is -0.455 e. The molecule has 1 aromatic rings. The first-order valence-corrected chi connectivity index (χ1v) is 8.51. The second-order valence-electron chi connectivity index (χ2n) is 6.58. The fraction of sp³-hybridized carbons (Fsp3) is 0.500. The van der Waals surface area contributed by atoms with Crippen LogP contribution in [-0.2, 0) is 19.1 Å². The summed E-state index contributed by atoms with van der Waals surface area (Å²) in [6.45, 7) is 2.32. The number of piperidine rings is 1. The number of halogens is 1. The molecular formula is C18H21FN2O4. The Bertz CT molecular complexity index is 706. The molecule has 7 heteroatoms. The van der Waals surface area contributed by atoms with Crippen LogP contribution in [-0.4, -0.2) is 41.9 Å². The molecular weight excluding hydrogens is 327 g/mol. The topological polar surface area (TPSA) is 75.7 Å². The molecule has 2 amide bonds. The van der Waals surface area contributed by atoms with E-state index < -0.39 is 17.7 Å². The van der Waals surface area contributed by atoms with Crippen LogP contribution in [0.4, 0.5) is 10.1 Å². The van der Waals surface area contributed by atoms with E-state index in [-0.39, 0.29) is 36.6 Å². The highest BCUT2D eigenvalue weighted by molar-refractivity contribution is 6.00. The molecule has 134 valence electrons.